The molecule has 0 aliphatic rings. The zero-order valence-corrected chi connectivity index (χ0v) is 11.9. The van der Waals surface area contributed by atoms with E-state index in [9.17, 15) is 4.79 Å². The summed E-state index contributed by atoms with van der Waals surface area (Å²) in [7, 11) is 0. The summed E-state index contributed by atoms with van der Waals surface area (Å²) in [5.74, 6) is 0.554. The van der Waals surface area contributed by atoms with Crippen LogP contribution in [0.15, 0.2) is 41.3 Å². The number of hydrogen-bond donors (Lipinski definition) is 1. The van der Waals surface area contributed by atoms with Gasteiger partial charge in [-0.15, -0.1) is 0 Å². The molecule has 3 nitrogen and oxygen atoms in total. The molecule has 0 aliphatic carbocycles. The number of para-hydroxylation sites is 1. The molecule has 19 heavy (non-hydrogen) atoms. The van der Waals surface area contributed by atoms with Crippen LogP contribution in [0, 0.1) is 5.92 Å². The molecule has 0 bridgehead atoms. The number of hydrogen-bond acceptors (Lipinski definition) is 2. The Labute approximate surface area is 114 Å². The van der Waals surface area contributed by atoms with Crippen molar-refractivity contribution in [3.8, 4) is 0 Å². The molecule has 0 amide bonds. The predicted molar refractivity (Wildman–Crippen MR) is 80.5 cm³/mol. The number of nitrogens with zero attached hydrogens (tertiary/aromatic N) is 1. The van der Waals surface area contributed by atoms with Gasteiger partial charge < -0.3 is 9.88 Å². The van der Waals surface area contributed by atoms with E-state index in [4.69, 9.17) is 0 Å². The average Bonchev–Trinajstić information content (AvgIpc) is 2.41. The summed E-state index contributed by atoms with van der Waals surface area (Å²) in [4.78, 5) is 11.8. The Morgan fingerprint density at radius 2 is 1.95 bits per heavy atom. The van der Waals surface area contributed by atoms with Crippen molar-refractivity contribution in [1.82, 2.24) is 9.88 Å². The molecule has 1 atom stereocenters. The van der Waals surface area contributed by atoms with Gasteiger partial charge in [0.1, 0.15) is 0 Å². The van der Waals surface area contributed by atoms with Gasteiger partial charge in [0.05, 0.1) is 5.52 Å². The van der Waals surface area contributed by atoms with Crippen molar-refractivity contribution in [2.24, 2.45) is 5.92 Å². The van der Waals surface area contributed by atoms with Crippen molar-refractivity contribution in [1.29, 1.82) is 0 Å². The van der Waals surface area contributed by atoms with Gasteiger partial charge in [-0.25, -0.2) is 0 Å². The monoisotopic (exact) mass is 258 g/mol. The molecule has 1 aromatic heterocycles. The smallest absolute Gasteiger partial charge is 0.189 e. The van der Waals surface area contributed by atoms with Crippen LogP contribution in [0.5, 0.6) is 0 Å². The number of aromatic nitrogens is 1. The van der Waals surface area contributed by atoms with Gasteiger partial charge in [0.15, 0.2) is 5.43 Å². The van der Waals surface area contributed by atoms with Crippen molar-refractivity contribution in [3.63, 3.8) is 0 Å². The van der Waals surface area contributed by atoms with Crippen molar-refractivity contribution in [3.05, 3.63) is 46.8 Å². The van der Waals surface area contributed by atoms with Gasteiger partial charge in [-0.1, -0.05) is 32.9 Å². The highest BCUT2D eigenvalue weighted by atomic mass is 16.1. The summed E-state index contributed by atoms with van der Waals surface area (Å²) in [6, 6.07) is 9.88. The Kier molecular flexibility index (Phi) is 4.38. The second-order valence-corrected chi connectivity index (χ2v) is 5.26. The van der Waals surface area contributed by atoms with Gasteiger partial charge >= 0.3 is 0 Å². The zero-order chi connectivity index (χ0) is 13.8. The summed E-state index contributed by atoms with van der Waals surface area (Å²) in [5, 5.41) is 4.31. The van der Waals surface area contributed by atoms with Crippen LogP contribution in [0.2, 0.25) is 0 Å². The minimum absolute atomic E-state index is 0.0939. The molecule has 0 fully saturated rings. The number of pyridine rings is 1. The Morgan fingerprint density at radius 3 is 2.63 bits per heavy atom. The van der Waals surface area contributed by atoms with E-state index in [1.54, 1.807) is 6.07 Å². The fourth-order valence-electron chi connectivity index (χ4n) is 2.40. The molecule has 0 aliphatic heterocycles. The first-order valence-electron chi connectivity index (χ1n) is 6.95. The lowest BCUT2D eigenvalue weighted by Crippen LogP contribution is -2.37. The second kappa shape index (κ2) is 6.02. The van der Waals surface area contributed by atoms with Crippen LogP contribution in [0.4, 0.5) is 0 Å². The van der Waals surface area contributed by atoms with Crippen LogP contribution < -0.4 is 10.7 Å². The lowest BCUT2D eigenvalue weighted by atomic mass is 10.0. The number of fused-ring (bicyclic) bond motifs is 1. The average molecular weight is 258 g/mol. The molecule has 0 radical (unpaired) electrons. The first-order chi connectivity index (χ1) is 9.13. The molecular weight excluding hydrogens is 236 g/mol. The van der Waals surface area contributed by atoms with E-state index in [1.165, 1.54) is 0 Å². The van der Waals surface area contributed by atoms with Gasteiger partial charge in [0.2, 0.25) is 0 Å². The van der Waals surface area contributed by atoms with Gasteiger partial charge in [-0.05, 0) is 24.6 Å². The lowest BCUT2D eigenvalue weighted by molar-refractivity contribution is 0.365. The van der Waals surface area contributed by atoms with E-state index in [0.717, 1.165) is 24.0 Å². The molecule has 2 rings (SSSR count). The Hall–Kier alpha value is -1.61. The van der Waals surface area contributed by atoms with Crippen molar-refractivity contribution in [2.75, 3.05) is 6.54 Å². The summed E-state index contributed by atoms with van der Waals surface area (Å²) < 4.78 is 2.17. The van der Waals surface area contributed by atoms with Crippen LogP contribution in [-0.4, -0.2) is 17.2 Å². The maximum atomic E-state index is 11.8. The largest absolute Gasteiger partial charge is 0.346 e. The SMILES string of the molecule is CCNC(Cn1ccc(=O)c2ccccc21)C(C)C. The summed E-state index contributed by atoms with van der Waals surface area (Å²) in [5.41, 5.74) is 1.11. The maximum Gasteiger partial charge on any atom is 0.189 e. The van der Waals surface area contributed by atoms with Crippen LogP contribution in [0.25, 0.3) is 10.9 Å². The van der Waals surface area contributed by atoms with E-state index in [2.05, 4.69) is 30.7 Å². The van der Waals surface area contributed by atoms with Crippen LogP contribution in [-0.2, 0) is 6.54 Å². The van der Waals surface area contributed by atoms with E-state index >= 15 is 0 Å². The molecule has 1 aromatic carbocycles. The Bertz CT molecular complexity index is 601. The molecule has 0 saturated heterocycles. The van der Waals surface area contributed by atoms with E-state index in [-0.39, 0.29) is 5.43 Å². The lowest BCUT2D eigenvalue weighted by Gasteiger charge is -2.24. The van der Waals surface area contributed by atoms with Gasteiger partial charge in [0.25, 0.3) is 0 Å². The van der Waals surface area contributed by atoms with E-state index in [0.29, 0.717) is 12.0 Å². The van der Waals surface area contributed by atoms with Gasteiger partial charge in [0, 0.05) is 30.2 Å². The molecular formula is C16H22N2O. The summed E-state index contributed by atoms with van der Waals surface area (Å²) >= 11 is 0. The standard InChI is InChI=1S/C16H22N2O/c1-4-17-14(12(2)3)11-18-10-9-16(19)13-7-5-6-8-15(13)18/h5-10,12,14,17H,4,11H2,1-3H3. The van der Waals surface area contributed by atoms with Crippen LogP contribution in [0.1, 0.15) is 20.8 Å². The van der Waals surface area contributed by atoms with Crippen molar-refractivity contribution in [2.45, 2.75) is 33.4 Å². The third kappa shape index (κ3) is 3.04. The highest BCUT2D eigenvalue weighted by Gasteiger charge is 2.13. The van der Waals surface area contributed by atoms with Gasteiger partial charge in [-0.3, -0.25) is 4.79 Å². The molecule has 0 spiro atoms. The Morgan fingerprint density at radius 1 is 1.21 bits per heavy atom. The molecule has 1 unspecified atom stereocenters. The minimum Gasteiger partial charge on any atom is -0.346 e. The predicted octanol–water partition coefficient (Wildman–Crippen LogP) is 2.64. The number of likely N-dealkylation sites (N-methyl/N-ethyl adjacent to an activating group) is 1. The van der Waals surface area contributed by atoms with Crippen molar-refractivity contribution < 1.29 is 0 Å². The minimum atomic E-state index is 0.0939. The number of nitrogens with one attached hydrogen (secondary N) is 1. The molecule has 0 saturated carbocycles. The topological polar surface area (TPSA) is 34.0 Å². The first-order valence-corrected chi connectivity index (χ1v) is 6.95. The molecule has 102 valence electrons. The number of rotatable bonds is 5. The molecule has 1 heterocycles. The fourth-order valence-corrected chi connectivity index (χ4v) is 2.40. The molecule has 2 aromatic rings. The van der Waals surface area contributed by atoms with Crippen LogP contribution >= 0.6 is 0 Å². The molecule has 3 heteroatoms. The van der Waals surface area contributed by atoms with Crippen molar-refractivity contribution >= 4 is 10.9 Å². The highest BCUT2D eigenvalue weighted by Crippen LogP contribution is 2.12. The van der Waals surface area contributed by atoms with E-state index < -0.39 is 0 Å². The first kappa shape index (κ1) is 13.8. The summed E-state index contributed by atoms with van der Waals surface area (Å²) in [6.07, 6.45) is 1.90. The fraction of sp³-hybridized carbons (Fsp3) is 0.438. The zero-order valence-electron chi connectivity index (χ0n) is 11.9. The van der Waals surface area contributed by atoms with Gasteiger partial charge in [-0.2, -0.15) is 0 Å². The Balaban J connectivity index is 2.40. The summed E-state index contributed by atoms with van der Waals surface area (Å²) in [6.45, 7) is 8.41. The second-order valence-electron chi connectivity index (χ2n) is 5.26. The third-order valence-electron chi connectivity index (χ3n) is 3.55. The van der Waals surface area contributed by atoms with E-state index in [1.807, 2.05) is 30.5 Å². The quantitative estimate of drug-likeness (QED) is 0.894. The molecule has 1 N–H and O–H groups in total. The van der Waals surface area contributed by atoms with Crippen LogP contribution in [0.3, 0.4) is 0 Å². The normalized spacial score (nSPS) is 13.1. The highest BCUT2D eigenvalue weighted by molar-refractivity contribution is 5.78. The third-order valence-corrected chi connectivity index (χ3v) is 3.55. The maximum absolute atomic E-state index is 11.8. The number of benzene rings is 1.